The molecule has 12 heavy (non-hydrogen) atoms. The molecule has 0 aromatic heterocycles. The summed E-state index contributed by atoms with van der Waals surface area (Å²) in [7, 11) is 0. The number of benzene rings is 1. The molecule has 0 aliphatic heterocycles. The Labute approximate surface area is 71.7 Å². The molecule has 0 heterocycles. The minimum absolute atomic E-state index is 0.0600. The van der Waals surface area contributed by atoms with Crippen LogP contribution in [0.5, 0.6) is 0 Å². The molecule has 1 rings (SSSR count). The van der Waals surface area contributed by atoms with E-state index in [2.05, 4.69) is 3.88 Å². The number of nitrogen functional groups attached to an aromatic ring is 1. The molecule has 0 spiro atoms. The monoisotopic (exact) mass is 233 g/mol. The van der Waals surface area contributed by atoms with Gasteiger partial charge in [0.25, 0.3) is 0 Å². The van der Waals surface area contributed by atoms with Crippen LogP contribution >= 0.6 is 0 Å². The van der Waals surface area contributed by atoms with Gasteiger partial charge in [0.1, 0.15) is 0 Å². The Morgan fingerprint density at radius 1 is 1.33 bits per heavy atom. The maximum absolute atomic E-state index is 11.0. The summed E-state index contributed by atoms with van der Waals surface area (Å²) in [4.78, 5) is 0. The standard InChI is InChI=1S/C6H8AsNO4/c8-6-3-1-5(2-4-6)7(9,10)12-11/h1-4,11H,8H2,(H,9,10). The van der Waals surface area contributed by atoms with Gasteiger partial charge in [0.2, 0.25) is 0 Å². The maximum atomic E-state index is 11.0. The van der Waals surface area contributed by atoms with Crippen molar-refractivity contribution in [2.75, 3.05) is 5.73 Å². The van der Waals surface area contributed by atoms with Gasteiger partial charge in [-0.1, -0.05) is 0 Å². The SMILES string of the molecule is Nc1ccc([As](=O)(O)OO)cc1. The van der Waals surface area contributed by atoms with Crippen molar-refractivity contribution >= 4 is 24.2 Å². The Morgan fingerprint density at radius 2 is 1.83 bits per heavy atom. The topological polar surface area (TPSA) is 92.8 Å². The van der Waals surface area contributed by atoms with Crippen molar-refractivity contribution in [3.8, 4) is 0 Å². The van der Waals surface area contributed by atoms with Crippen LogP contribution in [0.15, 0.2) is 24.3 Å². The van der Waals surface area contributed by atoms with Crippen LogP contribution in [-0.2, 0) is 7.62 Å². The molecule has 1 atom stereocenters. The fraction of sp³-hybridized carbons (Fsp3) is 0. The number of hydrogen-bond donors (Lipinski definition) is 3. The van der Waals surface area contributed by atoms with Crippen LogP contribution in [0.3, 0.4) is 0 Å². The van der Waals surface area contributed by atoms with E-state index < -0.39 is 14.2 Å². The van der Waals surface area contributed by atoms with Crippen molar-refractivity contribution in [1.82, 2.24) is 0 Å². The van der Waals surface area contributed by atoms with Gasteiger partial charge < -0.3 is 0 Å². The molecule has 5 nitrogen and oxygen atoms in total. The first-order chi connectivity index (χ1) is 5.56. The Hall–Kier alpha value is -0.742. The molecule has 0 saturated carbocycles. The fourth-order valence-corrected chi connectivity index (χ4v) is 2.01. The number of rotatable bonds is 2. The summed E-state index contributed by atoms with van der Waals surface area (Å²) in [6, 6.07) is 5.59. The van der Waals surface area contributed by atoms with Crippen LogP contribution in [0.1, 0.15) is 0 Å². The van der Waals surface area contributed by atoms with E-state index in [1.54, 1.807) is 0 Å². The molecule has 0 aliphatic carbocycles. The average Bonchev–Trinajstić information content (AvgIpc) is 2.05. The Morgan fingerprint density at radius 3 is 2.25 bits per heavy atom. The molecule has 66 valence electrons. The first-order valence-electron chi connectivity index (χ1n) is 3.08. The molecular weight excluding hydrogens is 225 g/mol. The van der Waals surface area contributed by atoms with Gasteiger partial charge in [0.15, 0.2) is 0 Å². The number of nitrogens with two attached hydrogens (primary N) is 1. The number of hydrogen-bond acceptors (Lipinski definition) is 4. The van der Waals surface area contributed by atoms with E-state index in [1.807, 2.05) is 0 Å². The van der Waals surface area contributed by atoms with Crippen molar-refractivity contribution in [2.24, 2.45) is 0 Å². The third kappa shape index (κ3) is 1.89. The van der Waals surface area contributed by atoms with Gasteiger partial charge in [-0.15, -0.1) is 0 Å². The van der Waals surface area contributed by atoms with Crippen LogP contribution in [-0.4, -0.2) is 23.5 Å². The van der Waals surface area contributed by atoms with Gasteiger partial charge in [-0.25, -0.2) is 0 Å². The predicted molar refractivity (Wildman–Crippen MR) is 42.9 cm³/mol. The Bertz CT molecular complexity index is 310. The van der Waals surface area contributed by atoms with E-state index in [0.29, 0.717) is 5.69 Å². The van der Waals surface area contributed by atoms with Crippen molar-refractivity contribution < 1.29 is 17.0 Å². The predicted octanol–water partition coefficient (Wildman–Crippen LogP) is -0.673. The van der Waals surface area contributed by atoms with Gasteiger partial charge in [0.05, 0.1) is 0 Å². The summed E-state index contributed by atoms with van der Waals surface area (Å²) >= 11 is -4.66. The van der Waals surface area contributed by atoms with E-state index in [9.17, 15) is 3.74 Å². The molecule has 0 radical (unpaired) electrons. The second-order valence-corrected chi connectivity index (χ2v) is 5.80. The van der Waals surface area contributed by atoms with Crippen molar-refractivity contribution in [1.29, 1.82) is 0 Å². The summed E-state index contributed by atoms with van der Waals surface area (Å²) in [5.74, 6) is 0. The molecule has 1 aromatic rings. The van der Waals surface area contributed by atoms with Crippen molar-refractivity contribution in [3.63, 3.8) is 0 Å². The van der Waals surface area contributed by atoms with E-state index >= 15 is 0 Å². The molecule has 1 unspecified atom stereocenters. The molecule has 1 aromatic carbocycles. The number of anilines is 1. The van der Waals surface area contributed by atoms with Gasteiger partial charge in [-0.2, -0.15) is 0 Å². The minimum atomic E-state index is -4.66. The molecule has 0 saturated heterocycles. The first-order valence-corrected chi connectivity index (χ1v) is 6.39. The van der Waals surface area contributed by atoms with Gasteiger partial charge >= 0.3 is 71.2 Å². The zero-order valence-electron chi connectivity index (χ0n) is 6.04. The zero-order valence-corrected chi connectivity index (χ0v) is 7.92. The molecule has 6 heteroatoms. The molecule has 0 aliphatic rings. The summed E-state index contributed by atoms with van der Waals surface area (Å²) in [6.07, 6.45) is 0. The summed E-state index contributed by atoms with van der Waals surface area (Å²) in [5.41, 5.74) is 5.82. The van der Waals surface area contributed by atoms with E-state index in [0.717, 1.165) is 0 Å². The van der Waals surface area contributed by atoms with Crippen LogP contribution < -0.4 is 10.1 Å². The summed E-state index contributed by atoms with van der Waals surface area (Å²) < 4.78 is 23.5. The van der Waals surface area contributed by atoms with Crippen molar-refractivity contribution in [3.05, 3.63) is 24.3 Å². The normalized spacial score (nSPS) is 15.5. The Balaban J connectivity index is 3.05. The van der Waals surface area contributed by atoms with Crippen LogP contribution in [0, 0.1) is 0 Å². The van der Waals surface area contributed by atoms with Crippen LogP contribution in [0.25, 0.3) is 0 Å². The third-order valence-electron chi connectivity index (χ3n) is 1.33. The van der Waals surface area contributed by atoms with E-state index in [1.165, 1.54) is 24.3 Å². The van der Waals surface area contributed by atoms with Gasteiger partial charge in [-0.05, 0) is 0 Å². The summed E-state index contributed by atoms with van der Waals surface area (Å²) in [5, 5.41) is 8.10. The second kappa shape index (κ2) is 3.33. The second-order valence-electron chi connectivity index (χ2n) is 2.19. The fourth-order valence-electron chi connectivity index (χ4n) is 0.710. The average molecular weight is 233 g/mol. The molecular formula is C6H8AsNO4. The summed E-state index contributed by atoms with van der Waals surface area (Å²) in [6.45, 7) is 0. The molecule has 4 N–H and O–H groups in total. The van der Waals surface area contributed by atoms with Crippen LogP contribution in [0.2, 0.25) is 0 Å². The molecule has 0 fully saturated rings. The van der Waals surface area contributed by atoms with E-state index in [4.69, 9.17) is 15.1 Å². The molecule has 0 bridgehead atoms. The zero-order chi connectivity index (χ0) is 9.19. The third-order valence-corrected chi connectivity index (χ3v) is 3.79. The quantitative estimate of drug-likeness (QED) is 0.272. The molecule has 0 amide bonds. The van der Waals surface area contributed by atoms with E-state index in [-0.39, 0.29) is 4.35 Å². The Kier molecular flexibility index (Phi) is 2.59. The van der Waals surface area contributed by atoms with Crippen LogP contribution in [0.4, 0.5) is 5.69 Å². The first kappa shape index (κ1) is 9.35. The van der Waals surface area contributed by atoms with Gasteiger partial charge in [-0.3, -0.25) is 0 Å². The van der Waals surface area contributed by atoms with Gasteiger partial charge in [0, 0.05) is 0 Å². The van der Waals surface area contributed by atoms with Crippen molar-refractivity contribution in [2.45, 2.75) is 0 Å².